The Bertz CT molecular complexity index is 508. The second-order valence-corrected chi connectivity index (χ2v) is 5.14. The van der Waals surface area contributed by atoms with Crippen molar-refractivity contribution in [2.24, 2.45) is 13.0 Å². The number of nitrogens with zero attached hydrogens (tertiary/aromatic N) is 2. The molecular weight excluding hydrogens is 244 g/mol. The Balaban J connectivity index is 2.10. The number of aryl methyl sites for hydroxylation is 1. The van der Waals surface area contributed by atoms with Crippen LogP contribution in [-0.2, 0) is 7.05 Å². The van der Waals surface area contributed by atoms with Gasteiger partial charge in [-0.05, 0) is 31.2 Å². The van der Waals surface area contributed by atoms with E-state index in [2.05, 4.69) is 0 Å². The van der Waals surface area contributed by atoms with Crippen LogP contribution in [0.25, 0.3) is 0 Å². The van der Waals surface area contributed by atoms with E-state index in [4.69, 9.17) is 5.11 Å². The summed E-state index contributed by atoms with van der Waals surface area (Å²) in [6.07, 6.45) is 4.37. The average Bonchev–Trinajstić information content (AvgIpc) is 2.42. The van der Waals surface area contributed by atoms with Crippen LogP contribution in [0.15, 0.2) is 23.1 Å². The van der Waals surface area contributed by atoms with Crippen molar-refractivity contribution in [1.29, 1.82) is 0 Å². The van der Waals surface area contributed by atoms with Gasteiger partial charge in [-0.15, -0.1) is 0 Å². The number of amides is 1. The molecule has 1 fully saturated rings. The average molecular weight is 264 g/mol. The minimum Gasteiger partial charge on any atom is -0.396 e. The molecule has 2 heterocycles. The zero-order valence-corrected chi connectivity index (χ0v) is 11.2. The first kappa shape index (κ1) is 13.8. The summed E-state index contributed by atoms with van der Waals surface area (Å²) in [5.74, 6) is 0.287. The minimum atomic E-state index is -0.172. The van der Waals surface area contributed by atoms with E-state index in [0.29, 0.717) is 18.0 Å². The Morgan fingerprint density at radius 1 is 1.53 bits per heavy atom. The van der Waals surface area contributed by atoms with Gasteiger partial charge in [0, 0.05) is 44.6 Å². The van der Waals surface area contributed by atoms with E-state index in [-0.39, 0.29) is 18.1 Å². The molecule has 0 aliphatic carbocycles. The highest BCUT2D eigenvalue weighted by Gasteiger charge is 2.24. The molecule has 5 nitrogen and oxygen atoms in total. The van der Waals surface area contributed by atoms with Crippen LogP contribution < -0.4 is 5.56 Å². The number of aromatic nitrogens is 1. The molecule has 1 amide bonds. The van der Waals surface area contributed by atoms with Gasteiger partial charge in [0.05, 0.1) is 0 Å². The van der Waals surface area contributed by atoms with Crippen LogP contribution >= 0.6 is 0 Å². The Morgan fingerprint density at radius 2 is 2.32 bits per heavy atom. The molecule has 1 aromatic rings. The summed E-state index contributed by atoms with van der Waals surface area (Å²) >= 11 is 0. The molecule has 104 valence electrons. The fourth-order valence-corrected chi connectivity index (χ4v) is 2.53. The quantitative estimate of drug-likeness (QED) is 0.870. The third-order valence-corrected chi connectivity index (χ3v) is 3.69. The molecule has 0 spiro atoms. The first-order chi connectivity index (χ1) is 9.11. The van der Waals surface area contributed by atoms with Gasteiger partial charge in [0.2, 0.25) is 0 Å². The number of aliphatic hydroxyl groups is 1. The number of piperidine rings is 1. The van der Waals surface area contributed by atoms with Crippen molar-refractivity contribution >= 4 is 5.91 Å². The lowest BCUT2D eigenvalue weighted by molar-refractivity contribution is 0.0653. The van der Waals surface area contributed by atoms with Gasteiger partial charge in [0.15, 0.2) is 0 Å². The monoisotopic (exact) mass is 264 g/mol. The van der Waals surface area contributed by atoms with Crippen molar-refractivity contribution in [1.82, 2.24) is 9.47 Å². The smallest absolute Gasteiger partial charge is 0.254 e. The molecule has 0 radical (unpaired) electrons. The van der Waals surface area contributed by atoms with Crippen molar-refractivity contribution in [2.75, 3.05) is 19.7 Å². The number of hydrogen-bond acceptors (Lipinski definition) is 3. The van der Waals surface area contributed by atoms with Crippen LogP contribution in [0.5, 0.6) is 0 Å². The number of pyridine rings is 1. The van der Waals surface area contributed by atoms with E-state index < -0.39 is 0 Å². The van der Waals surface area contributed by atoms with Crippen molar-refractivity contribution in [3.05, 3.63) is 34.2 Å². The summed E-state index contributed by atoms with van der Waals surface area (Å²) in [5.41, 5.74) is 0.280. The van der Waals surface area contributed by atoms with Crippen molar-refractivity contribution in [3.63, 3.8) is 0 Å². The normalized spacial score (nSPS) is 19.5. The molecule has 1 atom stereocenters. The lowest BCUT2D eigenvalue weighted by atomic mass is 9.95. The first-order valence-electron chi connectivity index (χ1n) is 6.68. The summed E-state index contributed by atoms with van der Waals surface area (Å²) in [6.45, 7) is 1.57. The molecule has 5 heteroatoms. The minimum absolute atomic E-state index is 0.0830. The van der Waals surface area contributed by atoms with Gasteiger partial charge < -0.3 is 14.6 Å². The Labute approximate surface area is 112 Å². The third-order valence-electron chi connectivity index (χ3n) is 3.69. The van der Waals surface area contributed by atoms with Gasteiger partial charge >= 0.3 is 0 Å². The van der Waals surface area contributed by atoms with Gasteiger partial charge in [-0.1, -0.05) is 0 Å². The molecule has 1 aliphatic heterocycles. The van der Waals surface area contributed by atoms with E-state index in [1.54, 1.807) is 24.2 Å². The molecule has 0 aromatic carbocycles. The number of hydrogen-bond donors (Lipinski definition) is 1. The number of aliphatic hydroxyl groups excluding tert-OH is 1. The number of likely N-dealkylation sites (tertiary alicyclic amines) is 1. The predicted octanol–water partition coefficient (Wildman–Crippen LogP) is 0.620. The topological polar surface area (TPSA) is 62.5 Å². The molecule has 0 bridgehead atoms. The number of carbonyl (C=O) groups is 1. The van der Waals surface area contributed by atoms with Gasteiger partial charge in [-0.2, -0.15) is 0 Å². The van der Waals surface area contributed by atoms with E-state index in [1.807, 2.05) is 0 Å². The lowest BCUT2D eigenvalue weighted by Gasteiger charge is -2.32. The highest BCUT2D eigenvalue weighted by Crippen LogP contribution is 2.20. The number of carbonyl (C=O) groups excluding carboxylic acids is 1. The molecular formula is C14H20N2O3. The fourth-order valence-electron chi connectivity index (χ4n) is 2.53. The molecule has 1 aromatic heterocycles. The van der Waals surface area contributed by atoms with Crippen LogP contribution in [0, 0.1) is 5.92 Å². The molecule has 1 unspecified atom stereocenters. The van der Waals surface area contributed by atoms with Gasteiger partial charge in [-0.3, -0.25) is 9.59 Å². The summed E-state index contributed by atoms with van der Waals surface area (Å²) in [6, 6.07) is 3.07. The van der Waals surface area contributed by atoms with Gasteiger partial charge in [0.25, 0.3) is 11.5 Å². The molecule has 0 saturated carbocycles. The van der Waals surface area contributed by atoms with E-state index in [0.717, 1.165) is 25.8 Å². The molecule has 1 aliphatic rings. The predicted molar refractivity (Wildman–Crippen MR) is 72.0 cm³/mol. The lowest BCUT2D eigenvalue weighted by Crippen LogP contribution is -2.40. The van der Waals surface area contributed by atoms with Gasteiger partial charge in [0.1, 0.15) is 0 Å². The largest absolute Gasteiger partial charge is 0.396 e. The molecule has 1 N–H and O–H groups in total. The zero-order valence-electron chi connectivity index (χ0n) is 11.2. The van der Waals surface area contributed by atoms with Crippen LogP contribution in [0.2, 0.25) is 0 Å². The summed E-state index contributed by atoms with van der Waals surface area (Å²) in [7, 11) is 1.66. The standard InChI is InChI=1S/C14H20N2O3/c1-15-7-4-12(9-13(15)18)14(19)16-6-2-3-11(10-16)5-8-17/h4,7,9,11,17H,2-3,5-6,8,10H2,1H3. The maximum atomic E-state index is 12.3. The van der Waals surface area contributed by atoms with E-state index in [1.165, 1.54) is 10.6 Å². The molecule has 19 heavy (non-hydrogen) atoms. The Kier molecular flexibility index (Phi) is 4.37. The Hall–Kier alpha value is -1.62. The fraction of sp³-hybridized carbons (Fsp3) is 0.571. The summed E-state index contributed by atoms with van der Waals surface area (Å²) in [5, 5.41) is 8.98. The SMILES string of the molecule is Cn1ccc(C(=O)N2CCCC(CCO)C2)cc1=O. The van der Waals surface area contributed by atoms with Crippen molar-refractivity contribution < 1.29 is 9.90 Å². The first-order valence-corrected chi connectivity index (χ1v) is 6.68. The maximum absolute atomic E-state index is 12.3. The summed E-state index contributed by atoms with van der Waals surface area (Å²) in [4.78, 5) is 25.7. The third kappa shape index (κ3) is 3.23. The maximum Gasteiger partial charge on any atom is 0.254 e. The highest BCUT2D eigenvalue weighted by molar-refractivity contribution is 5.94. The second-order valence-electron chi connectivity index (χ2n) is 5.14. The zero-order chi connectivity index (χ0) is 13.8. The summed E-state index contributed by atoms with van der Waals surface area (Å²) < 4.78 is 1.45. The van der Waals surface area contributed by atoms with Crippen LogP contribution in [0.1, 0.15) is 29.6 Å². The number of rotatable bonds is 3. The molecule has 2 rings (SSSR count). The van der Waals surface area contributed by atoms with Crippen molar-refractivity contribution in [2.45, 2.75) is 19.3 Å². The van der Waals surface area contributed by atoms with Crippen LogP contribution in [-0.4, -0.2) is 40.2 Å². The van der Waals surface area contributed by atoms with E-state index in [9.17, 15) is 9.59 Å². The molecule has 1 saturated heterocycles. The van der Waals surface area contributed by atoms with Crippen LogP contribution in [0.3, 0.4) is 0 Å². The highest BCUT2D eigenvalue weighted by atomic mass is 16.3. The van der Waals surface area contributed by atoms with E-state index >= 15 is 0 Å². The van der Waals surface area contributed by atoms with Gasteiger partial charge in [-0.25, -0.2) is 0 Å². The van der Waals surface area contributed by atoms with Crippen LogP contribution in [0.4, 0.5) is 0 Å². The Morgan fingerprint density at radius 3 is 3.00 bits per heavy atom. The second kappa shape index (κ2) is 6.02. The van der Waals surface area contributed by atoms with Crippen molar-refractivity contribution in [3.8, 4) is 0 Å².